The van der Waals surface area contributed by atoms with Crippen LogP contribution in [0.3, 0.4) is 0 Å². The summed E-state index contributed by atoms with van der Waals surface area (Å²) in [6, 6.07) is 8.15. The van der Waals surface area contributed by atoms with Crippen molar-refractivity contribution in [2.24, 2.45) is 11.7 Å². The summed E-state index contributed by atoms with van der Waals surface area (Å²) in [5, 5.41) is 2.92. The molecule has 1 heterocycles. The molecule has 1 aromatic carbocycles. The van der Waals surface area contributed by atoms with Gasteiger partial charge in [-0.2, -0.15) is 0 Å². The molecule has 1 atom stereocenters. The molecule has 1 aliphatic rings. The molecule has 0 aromatic heterocycles. The number of nitrogens with two attached hydrogens (primary N) is 1. The van der Waals surface area contributed by atoms with Gasteiger partial charge in [0.1, 0.15) is 0 Å². The molecule has 2 rings (SSSR count). The Labute approximate surface area is 121 Å². The molecule has 1 aliphatic heterocycles. The van der Waals surface area contributed by atoms with Gasteiger partial charge in [-0.25, -0.2) is 0 Å². The van der Waals surface area contributed by atoms with Crippen LogP contribution in [0.2, 0.25) is 0 Å². The predicted octanol–water partition coefficient (Wildman–Crippen LogP) is 1.54. The van der Waals surface area contributed by atoms with E-state index in [9.17, 15) is 4.79 Å². The first-order valence-corrected chi connectivity index (χ1v) is 7.45. The van der Waals surface area contributed by atoms with Crippen LogP contribution in [0, 0.1) is 5.92 Å². The van der Waals surface area contributed by atoms with Gasteiger partial charge in [0.25, 0.3) is 0 Å². The molecule has 4 heteroatoms. The highest BCUT2D eigenvalue weighted by atomic mass is 16.2. The lowest BCUT2D eigenvalue weighted by atomic mass is 10.1. The summed E-state index contributed by atoms with van der Waals surface area (Å²) >= 11 is 0. The standard InChI is InChI=1S/C16H25N3O/c1-12(2)15(17)16(20)18-9-5-10-19-11-8-13-6-3-4-7-14(13)19/h3-4,6-7,12,15H,5,8-11,17H2,1-2H3,(H,18,20)/t15-/m1/s1. The molecule has 110 valence electrons. The Morgan fingerprint density at radius 3 is 2.90 bits per heavy atom. The third kappa shape index (κ3) is 3.51. The Hall–Kier alpha value is -1.55. The highest BCUT2D eigenvalue weighted by molar-refractivity contribution is 5.81. The normalized spacial score (nSPS) is 15.3. The molecule has 0 fully saturated rings. The lowest BCUT2D eigenvalue weighted by molar-refractivity contribution is -0.123. The molecule has 3 N–H and O–H groups in total. The minimum Gasteiger partial charge on any atom is -0.371 e. The summed E-state index contributed by atoms with van der Waals surface area (Å²) in [5.74, 6) is 0.141. The van der Waals surface area contributed by atoms with Crippen LogP contribution in [-0.4, -0.2) is 31.6 Å². The van der Waals surface area contributed by atoms with E-state index in [2.05, 4.69) is 34.5 Å². The van der Waals surface area contributed by atoms with E-state index >= 15 is 0 Å². The summed E-state index contributed by atoms with van der Waals surface area (Å²) in [6.45, 7) is 6.68. The first-order chi connectivity index (χ1) is 9.59. The first kappa shape index (κ1) is 14.9. The number of nitrogens with one attached hydrogen (secondary N) is 1. The Balaban J connectivity index is 1.71. The number of carbonyl (C=O) groups excluding carboxylic acids is 1. The fourth-order valence-electron chi connectivity index (χ4n) is 2.54. The number of hydrogen-bond acceptors (Lipinski definition) is 3. The van der Waals surface area contributed by atoms with Crippen molar-refractivity contribution in [3.63, 3.8) is 0 Å². The average Bonchev–Trinajstić information content (AvgIpc) is 2.85. The Bertz CT molecular complexity index is 459. The van der Waals surface area contributed by atoms with Crippen LogP contribution in [-0.2, 0) is 11.2 Å². The van der Waals surface area contributed by atoms with E-state index < -0.39 is 6.04 Å². The molecule has 0 saturated heterocycles. The van der Waals surface area contributed by atoms with Crippen molar-refractivity contribution in [3.05, 3.63) is 29.8 Å². The third-order valence-corrected chi connectivity index (χ3v) is 3.91. The molecule has 0 saturated carbocycles. The topological polar surface area (TPSA) is 58.4 Å². The van der Waals surface area contributed by atoms with E-state index in [1.54, 1.807) is 0 Å². The fraction of sp³-hybridized carbons (Fsp3) is 0.562. The zero-order valence-corrected chi connectivity index (χ0v) is 12.4. The second-order valence-electron chi connectivity index (χ2n) is 5.78. The average molecular weight is 275 g/mol. The molecule has 0 aliphatic carbocycles. The quantitative estimate of drug-likeness (QED) is 0.774. The van der Waals surface area contributed by atoms with Crippen molar-refractivity contribution in [1.29, 1.82) is 0 Å². The maximum atomic E-state index is 11.7. The second kappa shape index (κ2) is 6.75. The summed E-state index contributed by atoms with van der Waals surface area (Å²) in [7, 11) is 0. The number of hydrogen-bond donors (Lipinski definition) is 2. The van der Waals surface area contributed by atoms with E-state index in [-0.39, 0.29) is 11.8 Å². The minimum atomic E-state index is -0.400. The van der Waals surface area contributed by atoms with Gasteiger partial charge in [-0.3, -0.25) is 4.79 Å². The molecule has 0 bridgehead atoms. The van der Waals surface area contributed by atoms with Gasteiger partial charge in [0.15, 0.2) is 0 Å². The van der Waals surface area contributed by atoms with Crippen LogP contribution >= 0.6 is 0 Å². The molecule has 4 nitrogen and oxygen atoms in total. The van der Waals surface area contributed by atoms with Crippen LogP contribution in [0.1, 0.15) is 25.8 Å². The number of anilines is 1. The number of para-hydroxylation sites is 1. The van der Waals surface area contributed by atoms with E-state index in [4.69, 9.17) is 5.73 Å². The van der Waals surface area contributed by atoms with Crippen molar-refractivity contribution < 1.29 is 4.79 Å². The van der Waals surface area contributed by atoms with Crippen LogP contribution in [0.25, 0.3) is 0 Å². The molecule has 0 radical (unpaired) electrons. The lowest BCUT2D eigenvalue weighted by Crippen LogP contribution is -2.44. The first-order valence-electron chi connectivity index (χ1n) is 7.45. The largest absolute Gasteiger partial charge is 0.371 e. The monoisotopic (exact) mass is 275 g/mol. The number of amides is 1. The van der Waals surface area contributed by atoms with Crippen LogP contribution in [0.15, 0.2) is 24.3 Å². The predicted molar refractivity (Wildman–Crippen MR) is 82.8 cm³/mol. The zero-order chi connectivity index (χ0) is 14.5. The van der Waals surface area contributed by atoms with Crippen molar-refractivity contribution >= 4 is 11.6 Å². The van der Waals surface area contributed by atoms with Crippen molar-refractivity contribution in [3.8, 4) is 0 Å². The SMILES string of the molecule is CC(C)[C@@H](N)C(=O)NCCCN1CCc2ccccc21. The fourth-order valence-corrected chi connectivity index (χ4v) is 2.54. The number of fused-ring (bicyclic) bond motifs is 1. The Kier molecular flexibility index (Phi) is 5.01. The van der Waals surface area contributed by atoms with Crippen LogP contribution in [0.5, 0.6) is 0 Å². The van der Waals surface area contributed by atoms with E-state index in [1.165, 1.54) is 11.3 Å². The molecular formula is C16H25N3O. The minimum absolute atomic E-state index is 0.0400. The maximum Gasteiger partial charge on any atom is 0.237 e. The number of nitrogens with zero attached hydrogens (tertiary/aromatic N) is 1. The zero-order valence-electron chi connectivity index (χ0n) is 12.4. The number of benzene rings is 1. The summed E-state index contributed by atoms with van der Waals surface area (Å²) < 4.78 is 0. The summed E-state index contributed by atoms with van der Waals surface area (Å²) in [6.07, 6.45) is 2.08. The summed E-state index contributed by atoms with van der Waals surface area (Å²) in [4.78, 5) is 14.1. The molecule has 1 aromatic rings. The van der Waals surface area contributed by atoms with Crippen molar-refractivity contribution in [2.45, 2.75) is 32.7 Å². The smallest absolute Gasteiger partial charge is 0.237 e. The van der Waals surface area contributed by atoms with Gasteiger partial charge in [-0.05, 0) is 30.4 Å². The molecule has 0 spiro atoms. The van der Waals surface area contributed by atoms with Crippen molar-refractivity contribution in [1.82, 2.24) is 5.32 Å². The van der Waals surface area contributed by atoms with Gasteiger partial charge < -0.3 is 16.0 Å². The number of rotatable bonds is 6. The molecular weight excluding hydrogens is 250 g/mol. The van der Waals surface area contributed by atoms with E-state index in [0.717, 1.165) is 25.9 Å². The van der Waals surface area contributed by atoms with Crippen molar-refractivity contribution in [2.75, 3.05) is 24.5 Å². The maximum absolute atomic E-state index is 11.7. The third-order valence-electron chi connectivity index (χ3n) is 3.91. The van der Waals surface area contributed by atoms with Gasteiger partial charge in [0, 0.05) is 25.3 Å². The summed E-state index contributed by atoms with van der Waals surface area (Å²) in [5.41, 5.74) is 8.58. The van der Waals surface area contributed by atoms with Crippen LogP contribution < -0.4 is 16.0 Å². The Morgan fingerprint density at radius 1 is 1.40 bits per heavy atom. The van der Waals surface area contributed by atoms with Gasteiger partial charge in [0.05, 0.1) is 6.04 Å². The highest BCUT2D eigenvalue weighted by Gasteiger charge is 2.18. The lowest BCUT2D eigenvalue weighted by Gasteiger charge is -2.20. The number of carbonyl (C=O) groups is 1. The van der Waals surface area contributed by atoms with Gasteiger partial charge >= 0.3 is 0 Å². The molecule has 0 unspecified atom stereocenters. The molecule has 20 heavy (non-hydrogen) atoms. The van der Waals surface area contributed by atoms with E-state index in [0.29, 0.717) is 6.54 Å². The van der Waals surface area contributed by atoms with Gasteiger partial charge in [-0.1, -0.05) is 32.0 Å². The van der Waals surface area contributed by atoms with Gasteiger partial charge in [-0.15, -0.1) is 0 Å². The second-order valence-corrected chi connectivity index (χ2v) is 5.78. The van der Waals surface area contributed by atoms with Crippen LogP contribution in [0.4, 0.5) is 5.69 Å². The van der Waals surface area contributed by atoms with Gasteiger partial charge in [0.2, 0.25) is 5.91 Å². The Morgan fingerprint density at radius 2 is 2.15 bits per heavy atom. The molecule has 1 amide bonds. The van der Waals surface area contributed by atoms with E-state index in [1.807, 2.05) is 13.8 Å². The highest BCUT2D eigenvalue weighted by Crippen LogP contribution is 2.27.